The minimum absolute atomic E-state index is 0.0321. The number of thiophene rings is 1. The topological polar surface area (TPSA) is 107 Å². The van der Waals surface area contributed by atoms with Crippen molar-refractivity contribution in [3.05, 3.63) is 71.1 Å². The molecule has 0 radical (unpaired) electrons. The summed E-state index contributed by atoms with van der Waals surface area (Å²) in [6, 6.07) is 14.6. The largest absolute Gasteiger partial charge is 0.484 e. The van der Waals surface area contributed by atoms with Gasteiger partial charge in [0.1, 0.15) is 27.4 Å². The molecule has 1 N–H and O–H groups in total. The Bertz CT molecular complexity index is 1270. The first-order valence-corrected chi connectivity index (χ1v) is 11.4. The maximum absolute atomic E-state index is 12.6. The van der Waals surface area contributed by atoms with E-state index in [-0.39, 0.29) is 23.4 Å². The second-order valence-electron chi connectivity index (χ2n) is 7.62. The van der Waals surface area contributed by atoms with Gasteiger partial charge in [0.2, 0.25) is 0 Å². The van der Waals surface area contributed by atoms with Gasteiger partial charge in [0, 0.05) is 18.0 Å². The molecule has 3 aromatic heterocycles. The fourth-order valence-electron chi connectivity index (χ4n) is 3.36. The second kappa shape index (κ2) is 10.4. The highest BCUT2D eigenvalue weighted by atomic mass is 32.1. The monoisotopic (exact) mass is 480 g/mol. The zero-order chi connectivity index (χ0) is 24.1. The van der Waals surface area contributed by atoms with Crippen LogP contribution in [0.3, 0.4) is 0 Å². The summed E-state index contributed by atoms with van der Waals surface area (Å²) in [5.41, 5.74) is 2.01. The van der Waals surface area contributed by atoms with E-state index >= 15 is 0 Å². The highest BCUT2D eigenvalue weighted by Crippen LogP contribution is 2.36. The molecule has 9 nitrogen and oxygen atoms in total. The van der Waals surface area contributed by atoms with Gasteiger partial charge in [0.25, 0.3) is 5.91 Å². The summed E-state index contributed by atoms with van der Waals surface area (Å²) >= 11 is 1.17. The fourth-order valence-corrected chi connectivity index (χ4v) is 4.43. The number of aromatic nitrogens is 2. The lowest BCUT2D eigenvalue weighted by molar-refractivity contribution is -0.118. The number of hydrogen-bond acceptors (Lipinski definition) is 9. The van der Waals surface area contributed by atoms with Crippen LogP contribution in [0.25, 0.3) is 10.2 Å². The molecule has 4 rings (SSSR count). The number of methoxy groups -OCH3 is 1. The minimum atomic E-state index is -0.541. The molecule has 1 unspecified atom stereocenters. The normalized spacial score (nSPS) is 12.0. The lowest BCUT2D eigenvalue weighted by atomic mass is 10.2. The second-order valence-corrected chi connectivity index (χ2v) is 8.62. The SMILES string of the molecule is COC(=O)c1sc2nc(CN(C)C(C)c3ccon3)ccc2c1NC(=O)COc1ccccc1. The number of rotatable bonds is 9. The predicted molar refractivity (Wildman–Crippen MR) is 128 cm³/mol. The van der Waals surface area contributed by atoms with Gasteiger partial charge in [0.15, 0.2) is 6.61 Å². The number of pyridine rings is 1. The molecule has 10 heteroatoms. The smallest absolute Gasteiger partial charge is 0.350 e. The van der Waals surface area contributed by atoms with Gasteiger partial charge >= 0.3 is 5.97 Å². The number of benzene rings is 1. The Balaban J connectivity index is 1.53. The van der Waals surface area contributed by atoms with Crippen molar-refractivity contribution in [3.8, 4) is 5.75 Å². The fraction of sp³-hybridized carbons (Fsp3) is 0.250. The molecule has 0 aliphatic carbocycles. The van der Waals surface area contributed by atoms with Crippen molar-refractivity contribution in [2.75, 3.05) is 26.1 Å². The van der Waals surface area contributed by atoms with E-state index in [2.05, 4.69) is 15.4 Å². The molecule has 0 bridgehead atoms. The van der Waals surface area contributed by atoms with Crippen LogP contribution < -0.4 is 10.1 Å². The Labute approximate surface area is 200 Å². The molecule has 1 aromatic carbocycles. The lowest BCUT2D eigenvalue weighted by Crippen LogP contribution is -2.22. The first kappa shape index (κ1) is 23.4. The molecule has 1 atom stereocenters. The lowest BCUT2D eigenvalue weighted by Gasteiger charge is -2.22. The van der Waals surface area contributed by atoms with Gasteiger partial charge in [0.05, 0.1) is 24.5 Å². The summed E-state index contributed by atoms with van der Waals surface area (Å²) in [7, 11) is 3.27. The Kier molecular flexibility index (Phi) is 7.19. The number of para-hydroxylation sites is 1. The van der Waals surface area contributed by atoms with Crippen molar-refractivity contribution < 1.29 is 23.6 Å². The Morgan fingerprint density at radius 3 is 2.68 bits per heavy atom. The van der Waals surface area contributed by atoms with Crippen molar-refractivity contribution in [1.29, 1.82) is 0 Å². The predicted octanol–water partition coefficient (Wildman–Crippen LogP) is 4.28. The molecule has 0 saturated carbocycles. The first-order valence-electron chi connectivity index (χ1n) is 10.5. The van der Waals surface area contributed by atoms with E-state index in [1.807, 2.05) is 50.4 Å². The van der Waals surface area contributed by atoms with Gasteiger partial charge < -0.3 is 19.3 Å². The number of anilines is 1. The standard InChI is InChI=1S/C24H24N4O5S/c1-15(19-11-12-33-27-19)28(2)13-16-9-10-18-21(22(24(30)31-3)34-23(18)25-16)26-20(29)14-32-17-7-5-4-6-8-17/h4-12,15H,13-14H2,1-3H3,(H,26,29). The molecule has 176 valence electrons. The summed E-state index contributed by atoms with van der Waals surface area (Å²) < 4.78 is 15.4. The first-order chi connectivity index (χ1) is 16.5. The molecule has 0 aliphatic rings. The Morgan fingerprint density at radius 2 is 1.97 bits per heavy atom. The molecule has 0 fully saturated rings. The average Bonchev–Trinajstić information content (AvgIpc) is 3.51. The van der Waals surface area contributed by atoms with E-state index in [1.165, 1.54) is 18.4 Å². The molecule has 0 saturated heterocycles. The van der Waals surface area contributed by atoms with Crippen LogP contribution in [0.15, 0.2) is 59.3 Å². The minimum Gasteiger partial charge on any atom is -0.484 e. The number of ether oxygens (including phenoxy) is 2. The van der Waals surface area contributed by atoms with E-state index in [0.29, 0.717) is 28.2 Å². The van der Waals surface area contributed by atoms with E-state index in [4.69, 9.17) is 19.0 Å². The van der Waals surface area contributed by atoms with Crippen molar-refractivity contribution in [2.24, 2.45) is 0 Å². The number of carbonyl (C=O) groups excluding carboxylic acids is 2. The third-order valence-electron chi connectivity index (χ3n) is 5.32. The molecule has 4 aromatic rings. The van der Waals surface area contributed by atoms with Crippen LogP contribution >= 0.6 is 11.3 Å². The van der Waals surface area contributed by atoms with E-state index in [9.17, 15) is 9.59 Å². The highest BCUT2D eigenvalue weighted by molar-refractivity contribution is 7.21. The van der Waals surface area contributed by atoms with Crippen molar-refractivity contribution in [2.45, 2.75) is 19.5 Å². The highest BCUT2D eigenvalue weighted by Gasteiger charge is 2.23. The molecule has 3 heterocycles. The zero-order valence-electron chi connectivity index (χ0n) is 19.0. The average molecular weight is 481 g/mol. The van der Waals surface area contributed by atoms with E-state index in [0.717, 1.165) is 11.4 Å². The van der Waals surface area contributed by atoms with Gasteiger partial charge in [-0.25, -0.2) is 9.78 Å². The number of carbonyl (C=O) groups is 2. The molecular weight excluding hydrogens is 456 g/mol. The molecular formula is C24H24N4O5S. The summed E-state index contributed by atoms with van der Waals surface area (Å²) in [4.78, 5) is 32.7. The maximum atomic E-state index is 12.6. The van der Waals surface area contributed by atoms with Gasteiger partial charge in [-0.1, -0.05) is 23.4 Å². The van der Waals surface area contributed by atoms with Gasteiger partial charge in [-0.3, -0.25) is 9.69 Å². The molecule has 34 heavy (non-hydrogen) atoms. The third-order valence-corrected chi connectivity index (χ3v) is 6.40. The number of amides is 1. The van der Waals surface area contributed by atoms with E-state index in [1.54, 1.807) is 18.4 Å². The van der Waals surface area contributed by atoms with Crippen LogP contribution in [0, 0.1) is 0 Å². The molecule has 0 aliphatic heterocycles. The Hall–Kier alpha value is -3.76. The van der Waals surface area contributed by atoms with Crippen LogP contribution in [-0.2, 0) is 16.1 Å². The van der Waals surface area contributed by atoms with Crippen LogP contribution in [0.4, 0.5) is 5.69 Å². The Morgan fingerprint density at radius 1 is 1.18 bits per heavy atom. The van der Waals surface area contributed by atoms with Gasteiger partial charge in [-0.15, -0.1) is 11.3 Å². The van der Waals surface area contributed by atoms with Crippen LogP contribution in [0.5, 0.6) is 5.75 Å². The van der Waals surface area contributed by atoms with Crippen LogP contribution in [0.1, 0.15) is 34.0 Å². The third kappa shape index (κ3) is 5.24. The van der Waals surface area contributed by atoms with Crippen LogP contribution in [-0.4, -0.2) is 47.7 Å². The van der Waals surface area contributed by atoms with Crippen molar-refractivity contribution in [1.82, 2.24) is 15.0 Å². The van der Waals surface area contributed by atoms with E-state index < -0.39 is 5.97 Å². The summed E-state index contributed by atoms with van der Waals surface area (Å²) in [6.45, 7) is 2.39. The quantitative estimate of drug-likeness (QED) is 0.354. The number of esters is 1. The van der Waals surface area contributed by atoms with Crippen molar-refractivity contribution >= 4 is 39.1 Å². The number of fused-ring (bicyclic) bond motifs is 1. The molecule has 0 spiro atoms. The van der Waals surface area contributed by atoms with Crippen LogP contribution in [0.2, 0.25) is 0 Å². The summed E-state index contributed by atoms with van der Waals surface area (Å²) in [5, 5.41) is 7.45. The number of nitrogens with zero attached hydrogens (tertiary/aromatic N) is 3. The number of nitrogens with one attached hydrogen (secondary N) is 1. The van der Waals surface area contributed by atoms with Gasteiger partial charge in [-0.05, 0) is 38.2 Å². The molecule has 1 amide bonds. The summed E-state index contributed by atoms with van der Waals surface area (Å²) in [5.74, 6) is -0.351. The zero-order valence-corrected chi connectivity index (χ0v) is 19.8. The maximum Gasteiger partial charge on any atom is 0.350 e. The number of hydrogen-bond donors (Lipinski definition) is 1. The summed E-state index contributed by atoms with van der Waals surface area (Å²) in [6.07, 6.45) is 1.55. The van der Waals surface area contributed by atoms with Gasteiger partial charge in [-0.2, -0.15) is 0 Å². The van der Waals surface area contributed by atoms with Crippen molar-refractivity contribution in [3.63, 3.8) is 0 Å².